The van der Waals surface area contributed by atoms with Crippen molar-refractivity contribution in [2.45, 2.75) is 19.3 Å². The van der Waals surface area contributed by atoms with Crippen LogP contribution >= 0.6 is 23.2 Å². The van der Waals surface area contributed by atoms with Gasteiger partial charge < -0.3 is 16.0 Å². The molecular formula is C15H19Cl2N3O2. The molecule has 1 heterocycles. The van der Waals surface area contributed by atoms with Gasteiger partial charge in [0.05, 0.1) is 16.0 Å². The summed E-state index contributed by atoms with van der Waals surface area (Å²) < 4.78 is 0. The number of nitrogens with two attached hydrogens (primary N) is 1. The van der Waals surface area contributed by atoms with E-state index in [1.165, 1.54) is 4.90 Å². The van der Waals surface area contributed by atoms with E-state index in [0.717, 1.165) is 18.4 Å². The highest BCUT2D eigenvalue weighted by molar-refractivity contribution is 6.42. The largest absolute Gasteiger partial charge is 0.355 e. The lowest BCUT2D eigenvalue weighted by molar-refractivity contribution is -0.126. The lowest BCUT2D eigenvalue weighted by Gasteiger charge is -2.30. The smallest absolute Gasteiger partial charge is 0.314 e. The topological polar surface area (TPSA) is 75.4 Å². The average molecular weight is 344 g/mol. The molecule has 3 N–H and O–H groups in total. The van der Waals surface area contributed by atoms with Gasteiger partial charge in [0.15, 0.2) is 0 Å². The summed E-state index contributed by atoms with van der Waals surface area (Å²) in [5.41, 5.74) is 6.16. The summed E-state index contributed by atoms with van der Waals surface area (Å²) >= 11 is 12.1. The highest BCUT2D eigenvalue weighted by atomic mass is 35.5. The Morgan fingerprint density at radius 1 is 1.36 bits per heavy atom. The van der Waals surface area contributed by atoms with E-state index in [1.807, 2.05) is 12.1 Å². The fourth-order valence-electron chi connectivity index (χ4n) is 2.60. The number of likely N-dealkylation sites (tertiary alicyclic amines) is 1. The second kappa shape index (κ2) is 7.70. The van der Waals surface area contributed by atoms with E-state index in [2.05, 4.69) is 5.32 Å². The third-order valence-electron chi connectivity index (χ3n) is 3.83. The second-order valence-electron chi connectivity index (χ2n) is 5.38. The van der Waals surface area contributed by atoms with Gasteiger partial charge in [-0.3, -0.25) is 4.79 Å². The number of hydrogen-bond acceptors (Lipinski definition) is 2. The number of benzene rings is 1. The monoisotopic (exact) mass is 343 g/mol. The summed E-state index contributed by atoms with van der Waals surface area (Å²) in [7, 11) is 0. The molecule has 1 atom stereocenters. The molecule has 0 bridgehead atoms. The van der Waals surface area contributed by atoms with Gasteiger partial charge in [-0.1, -0.05) is 35.3 Å². The van der Waals surface area contributed by atoms with E-state index in [0.29, 0.717) is 36.1 Å². The zero-order valence-corrected chi connectivity index (χ0v) is 13.7. The molecule has 0 spiro atoms. The SMILES string of the molecule is NC(=O)N1CCCC(C(=O)NCCc2cccc(Cl)c2Cl)C1. The Kier molecular flexibility index (Phi) is 5.91. The molecule has 0 saturated carbocycles. The van der Waals surface area contributed by atoms with Crippen LogP contribution in [0, 0.1) is 5.92 Å². The van der Waals surface area contributed by atoms with Gasteiger partial charge in [-0.25, -0.2) is 4.79 Å². The Labute approximate surface area is 139 Å². The van der Waals surface area contributed by atoms with Crippen molar-refractivity contribution in [2.75, 3.05) is 19.6 Å². The minimum absolute atomic E-state index is 0.0518. The van der Waals surface area contributed by atoms with E-state index in [1.54, 1.807) is 6.07 Å². The number of hydrogen-bond donors (Lipinski definition) is 2. The van der Waals surface area contributed by atoms with Crippen LogP contribution in [0.5, 0.6) is 0 Å². The minimum Gasteiger partial charge on any atom is -0.355 e. The predicted octanol–water partition coefficient (Wildman–Crippen LogP) is 2.44. The molecule has 0 aromatic heterocycles. The summed E-state index contributed by atoms with van der Waals surface area (Å²) in [6.45, 7) is 1.49. The number of carbonyl (C=O) groups is 2. The van der Waals surface area contributed by atoms with Crippen LogP contribution in [-0.4, -0.2) is 36.5 Å². The fourth-order valence-corrected chi connectivity index (χ4v) is 3.01. The van der Waals surface area contributed by atoms with Crippen molar-refractivity contribution >= 4 is 35.1 Å². The van der Waals surface area contributed by atoms with E-state index >= 15 is 0 Å². The average Bonchev–Trinajstić information content (AvgIpc) is 2.51. The van der Waals surface area contributed by atoms with E-state index in [9.17, 15) is 9.59 Å². The quantitative estimate of drug-likeness (QED) is 0.880. The first kappa shape index (κ1) is 16.9. The van der Waals surface area contributed by atoms with E-state index in [-0.39, 0.29) is 11.8 Å². The van der Waals surface area contributed by atoms with E-state index in [4.69, 9.17) is 28.9 Å². The number of piperidine rings is 1. The molecule has 1 unspecified atom stereocenters. The Balaban J connectivity index is 1.82. The van der Waals surface area contributed by atoms with Crippen molar-refractivity contribution in [2.24, 2.45) is 11.7 Å². The molecule has 7 heteroatoms. The van der Waals surface area contributed by atoms with Crippen LogP contribution in [-0.2, 0) is 11.2 Å². The first-order valence-electron chi connectivity index (χ1n) is 7.24. The van der Waals surface area contributed by atoms with E-state index < -0.39 is 6.03 Å². The van der Waals surface area contributed by atoms with Crippen molar-refractivity contribution in [3.63, 3.8) is 0 Å². The third-order valence-corrected chi connectivity index (χ3v) is 4.69. The van der Waals surface area contributed by atoms with Gasteiger partial charge in [0.1, 0.15) is 0 Å². The number of amides is 3. The molecule has 1 aromatic carbocycles. The van der Waals surface area contributed by atoms with Crippen molar-refractivity contribution in [1.29, 1.82) is 0 Å². The van der Waals surface area contributed by atoms with Gasteiger partial charge in [-0.05, 0) is 30.9 Å². The van der Waals surface area contributed by atoms with Crippen LogP contribution in [0.1, 0.15) is 18.4 Å². The molecule has 120 valence electrons. The standard InChI is InChI=1S/C15H19Cl2N3O2/c16-12-5-1-3-10(13(12)17)6-7-19-14(21)11-4-2-8-20(9-11)15(18)22/h1,3,5,11H,2,4,6-9H2,(H2,18,22)(H,19,21). The number of halogens is 2. The summed E-state index contributed by atoms with van der Waals surface area (Å²) in [4.78, 5) is 24.9. The summed E-state index contributed by atoms with van der Waals surface area (Å²) in [6, 6.07) is 4.97. The molecule has 1 saturated heterocycles. The summed E-state index contributed by atoms with van der Waals surface area (Å²) in [5.74, 6) is -0.250. The lowest BCUT2D eigenvalue weighted by Crippen LogP contribution is -2.47. The molecule has 1 fully saturated rings. The first-order chi connectivity index (χ1) is 10.5. The maximum atomic E-state index is 12.2. The van der Waals surface area contributed by atoms with Gasteiger partial charge in [-0.15, -0.1) is 0 Å². The fraction of sp³-hybridized carbons (Fsp3) is 0.467. The number of carbonyl (C=O) groups excluding carboxylic acids is 2. The number of nitrogens with zero attached hydrogens (tertiary/aromatic N) is 1. The highest BCUT2D eigenvalue weighted by Gasteiger charge is 2.27. The second-order valence-corrected chi connectivity index (χ2v) is 6.16. The van der Waals surface area contributed by atoms with Crippen LogP contribution in [0.25, 0.3) is 0 Å². The lowest BCUT2D eigenvalue weighted by atomic mass is 9.97. The van der Waals surface area contributed by atoms with Crippen LogP contribution in [0.4, 0.5) is 4.79 Å². The predicted molar refractivity (Wildman–Crippen MR) is 87.1 cm³/mol. The zero-order chi connectivity index (χ0) is 16.1. The normalized spacial score (nSPS) is 18.1. The number of urea groups is 1. The van der Waals surface area contributed by atoms with Crippen molar-refractivity contribution < 1.29 is 9.59 Å². The molecule has 1 aromatic rings. The molecule has 1 aliphatic heterocycles. The minimum atomic E-state index is -0.469. The van der Waals surface area contributed by atoms with Crippen LogP contribution < -0.4 is 11.1 Å². The Morgan fingerprint density at radius 2 is 2.14 bits per heavy atom. The molecule has 2 rings (SSSR count). The maximum Gasteiger partial charge on any atom is 0.314 e. The van der Waals surface area contributed by atoms with Gasteiger partial charge in [-0.2, -0.15) is 0 Å². The summed E-state index contributed by atoms with van der Waals surface area (Å²) in [6.07, 6.45) is 2.17. The van der Waals surface area contributed by atoms with Crippen molar-refractivity contribution in [3.8, 4) is 0 Å². The Hall–Kier alpha value is -1.46. The first-order valence-corrected chi connectivity index (χ1v) is 7.99. The maximum absolute atomic E-state index is 12.2. The molecule has 1 aliphatic rings. The third kappa shape index (κ3) is 4.27. The molecular weight excluding hydrogens is 325 g/mol. The number of nitrogens with one attached hydrogen (secondary N) is 1. The van der Waals surface area contributed by atoms with Crippen molar-refractivity contribution in [3.05, 3.63) is 33.8 Å². The molecule has 3 amide bonds. The van der Waals surface area contributed by atoms with Gasteiger partial charge in [0.2, 0.25) is 5.91 Å². The molecule has 22 heavy (non-hydrogen) atoms. The Bertz CT molecular complexity index is 566. The van der Waals surface area contributed by atoms with Crippen molar-refractivity contribution in [1.82, 2.24) is 10.2 Å². The molecule has 0 aliphatic carbocycles. The molecule has 5 nitrogen and oxygen atoms in total. The Morgan fingerprint density at radius 3 is 2.86 bits per heavy atom. The number of rotatable bonds is 4. The van der Waals surface area contributed by atoms with Crippen LogP contribution in [0.3, 0.4) is 0 Å². The summed E-state index contributed by atoms with van der Waals surface area (Å²) in [5, 5.41) is 3.92. The van der Waals surface area contributed by atoms with Crippen LogP contribution in [0.15, 0.2) is 18.2 Å². The molecule has 0 radical (unpaired) electrons. The highest BCUT2D eigenvalue weighted by Crippen LogP contribution is 2.25. The van der Waals surface area contributed by atoms with Gasteiger partial charge >= 0.3 is 6.03 Å². The van der Waals surface area contributed by atoms with Gasteiger partial charge in [0.25, 0.3) is 0 Å². The van der Waals surface area contributed by atoms with Crippen LogP contribution in [0.2, 0.25) is 10.0 Å². The van der Waals surface area contributed by atoms with Gasteiger partial charge in [0, 0.05) is 19.6 Å². The number of primary amides is 1. The zero-order valence-electron chi connectivity index (χ0n) is 12.1.